The number of pyridine rings is 1. The van der Waals surface area contributed by atoms with Gasteiger partial charge >= 0.3 is 0 Å². The molecule has 2 rings (SSSR count). The Bertz CT molecular complexity index is 945. The van der Waals surface area contributed by atoms with Crippen molar-refractivity contribution >= 4 is 24.5 Å². The van der Waals surface area contributed by atoms with Gasteiger partial charge in [-0.05, 0) is 70.1 Å². The lowest BCUT2D eigenvalue weighted by atomic mass is 10.0. The number of aromatic nitrogens is 1. The van der Waals surface area contributed by atoms with Crippen molar-refractivity contribution in [2.75, 3.05) is 20.6 Å². The molecule has 188 valence electrons. The van der Waals surface area contributed by atoms with Crippen LogP contribution in [0.25, 0.3) is 0 Å². The van der Waals surface area contributed by atoms with E-state index in [1.54, 1.807) is 47.2 Å². The van der Waals surface area contributed by atoms with Gasteiger partial charge < -0.3 is 25.9 Å². The molecule has 1 aromatic heterocycles. The molecular weight excluding hydrogens is 434 g/mol. The van der Waals surface area contributed by atoms with Gasteiger partial charge in [-0.25, -0.2) is 0 Å². The van der Waals surface area contributed by atoms with Gasteiger partial charge in [0, 0.05) is 32.5 Å². The van der Waals surface area contributed by atoms with Gasteiger partial charge in [-0.3, -0.25) is 25.4 Å². The molecule has 10 nitrogen and oxygen atoms in total. The summed E-state index contributed by atoms with van der Waals surface area (Å²) in [6, 6.07) is 1.72. The molecule has 0 spiro atoms. The second-order valence-corrected chi connectivity index (χ2v) is 7.83. The number of amides is 2. The number of allylic oxidation sites excluding steroid dienone is 3. The second kappa shape index (κ2) is 15.3. The number of hydrogen-bond donors (Lipinski definition) is 4. The maximum atomic E-state index is 12.5. The zero-order valence-electron chi connectivity index (χ0n) is 20.6. The van der Waals surface area contributed by atoms with Crippen molar-refractivity contribution in [3.8, 4) is 0 Å². The van der Waals surface area contributed by atoms with Crippen LogP contribution in [-0.2, 0) is 17.8 Å². The Morgan fingerprint density at radius 1 is 1.35 bits per heavy atom. The molecule has 0 aromatic carbocycles. The molecule has 0 saturated carbocycles. The van der Waals surface area contributed by atoms with Crippen LogP contribution in [0.5, 0.6) is 0 Å². The molecule has 0 atom stereocenters. The van der Waals surface area contributed by atoms with E-state index >= 15 is 0 Å². The van der Waals surface area contributed by atoms with Crippen LogP contribution in [0.3, 0.4) is 0 Å². The van der Waals surface area contributed by atoms with Crippen molar-refractivity contribution < 1.29 is 16.5 Å². The molecule has 0 saturated heterocycles. The number of rotatable bonds is 8. The largest absolute Gasteiger partial charge is 0.412 e. The molecule has 2 heterocycles. The summed E-state index contributed by atoms with van der Waals surface area (Å²) in [4.78, 5) is 30.9. The van der Waals surface area contributed by atoms with E-state index in [1.807, 2.05) is 27.9 Å². The summed E-state index contributed by atoms with van der Waals surface area (Å²) >= 11 is 0. The molecule has 6 N–H and O–H groups in total. The normalized spacial score (nSPS) is 12.6. The summed E-state index contributed by atoms with van der Waals surface area (Å²) in [5.41, 5.74) is 3.30. The van der Waals surface area contributed by atoms with Crippen molar-refractivity contribution in [3.05, 3.63) is 65.2 Å². The van der Waals surface area contributed by atoms with Crippen molar-refractivity contribution in [1.82, 2.24) is 25.4 Å². The summed E-state index contributed by atoms with van der Waals surface area (Å²) in [5.74, 6) is -0.138. The Balaban J connectivity index is 0. The minimum Gasteiger partial charge on any atom is -0.412 e. The van der Waals surface area contributed by atoms with Gasteiger partial charge in [0.1, 0.15) is 11.5 Å². The number of carbonyl (C=O) groups is 2. The summed E-state index contributed by atoms with van der Waals surface area (Å²) in [6.07, 6.45) is 9.41. The molecule has 0 aliphatic carbocycles. The van der Waals surface area contributed by atoms with Crippen LogP contribution >= 0.6 is 0 Å². The number of hydrogen-bond acceptors (Lipinski definition) is 6. The predicted molar refractivity (Wildman–Crippen MR) is 138 cm³/mol. The van der Waals surface area contributed by atoms with Gasteiger partial charge in [-0.15, -0.1) is 0 Å². The number of nitrogens with zero attached hydrogens (tertiary/aromatic N) is 3. The number of amidine groups is 1. The van der Waals surface area contributed by atoms with Crippen LogP contribution in [0.4, 0.5) is 0 Å². The topological polar surface area (TPSA) is 157 Å². The molecule has 34 heavy (non-hydrogen) atoms. The minimum absolute atomic E-state index is 0. The van der Waals surface area contributed by atoms with Crippen LogP contribution in [0.15, 0.2) is 48.3 Å². The molecule has 0 fully saturated rings. The monoisotopic (exact) mass is 473 g/mol. The third kappa shape index (κ3) is 9.08. The fraction of sp³-hybridized carbons (Fsp3) is 0.375. The molecule has 1 aliphatic heterocycles. The fourth-order valence-electron chi connectivity index (χ4n) is 2.99. The van der Waals surface area contributed by atoms with Crippen LogP contribution in [-0.4, -0.2) is 71.4 Å². The van der Waals surface area contributed by atoms with Crippen LogP contribution in [0.2, 0.25) is 0 Å². The SMILES string of the molecule is C=C(/C=C\C=C(/C)C(=N)N(C=N)C(C)C)NC(=O)c1cc2c(cn1)CCN(C=O)C2.CNC.O.[HH]. The van der Waals surface area contributed by atoms with E-state index in [9.17, 15) is 9.59 Å². The molecule has 2 amide bonds. The lowest BCUT2D eigenvalue weighted by molar-refractivity contribution is -0.118. The lowest BCUT2D eigenvalue weighted by Crippen LogP contribution is -2.35. The third-order valence-corrected chi connectivity index (χ3v) is 4.75. The van der Waals surface area contributed by atoms with Crippen molar-refractivity contribution in [1.29, 1.82) is 10.8 Å². The van der Waals surface area contributed by atoms with E-state index in [0.717, 1.165) is 30.3 Å². The molecule has 1 aromatic rings. The average molecular weight is 474 g/mol. The van der Waals surface area contributed by atoms with E-state index in [2.05, 4.69) is 22.2 Å². The Morgan fingerprint density at radius 3 is 2.56 bits per heavy atom. The van der Waals surface area contributed by atoms with Gasteiger partial charge in [0.05, 0.1) is 6.34 Å². The van der Waals surface area contributed by atoms with Crippen molar-refractivity contribution in [3.63, 3.8) is 0 Å². The van der Waals surface area contributed by atoms with Crippen LogP contribution in [0.1, 0.15) is 43.8 Å². The molecule has 0 unspecified atom stereocenters. The predicted octanol–water partition coefficient (Wildman–Crippen LogP) is 1.89. The highest BCUT2D eigenvalue weighted by Crippen LogP contribution is 2.18. The summed E-state index contributed by atoms with van der Waals surface area (Å²) in [5, 5.41) is 21.0. The van der Waals surface area contributed by atoms with Gasteiger partial charge in [-0.1, -0.05) is 18.7 Å². The van der Waals surface area contributed by atoms with Gasteiger partial charge in [0.25, 0.3) is 5.91 Å². The van der Waals surface area contributed by atoms with E-state index in [-0.39, 0.29) is 30.4 Å². The van der Waals surface area contributed by atoms with E-state index in [0.29, 0.717) is 24.4 Å². The molecular formula is C24H39N7O3. The Labute approximate surface area is 203 Å². The lowest BCUT2D eigenvalue weighted by Gasteiger charge is -2.25. The van der Waals surface area contributed by atoms with Crippen molar-refractivity contribution in [2.45, 2.75) is 39.8 Å². The Morgan fingerprint density at radius 2 is 2.00 bits per heavy atom. The number of nitrogens with one attached hydrogen (secondary N) is 4. The average Bonchev–Trinajstić information content (AvgIpc) is 2.78. The van der Waals surface area contributed by atoms with Gasteiger partial charge in [0.15, 0.2) is 0 Å². The van der Waals surface area contributed by atoms with E-state index < -0.39 is 0 Å². The van der Waals surface area contributed by atoms with Crippen molar-refractivity contribution in [2.24, 2.45) is 0 Å². The molecule has 1 aliphatic rings. The highest BCUT2D eigenvalue weighted by molar-refractivity contribution is 6.01. The maximum Gasteiger partial charge on any atom is 0.274 e. The first-order valence-electron chi connectivity index (χ1n) is 10.7. The first-order chi connectivity index (χ1) is 15.7. The molecule has 0 bridgehead atoms. The Hall–Kier alpha value is -3.63. The first kappa shape index (κ1) is 30.4. The third-order valence-electron chi connectivity index (χ3n) is 4.75. The highest BCUT2D eigenvalue weighted by atomic mass is 16.2. The minimum atomic E-state index is -0.376. The van der Waals surface area contributed by atoms with E-state index in [4.69, 9.17) is 10.8 Å². The fourth-order valence-corrected chi connectivity index (χ4v) is 2.99. The zero-order valence-corrected chi connectivity index (χ0v) is 20.6. The van der Waals surface area contributed by atoms with Gasteiger partial charge in [0.2, 0.25) is 6.41 Å². The van der Waals surface area contributed by atoms with Crippen LogP contribution < -0.4 is 10.6 Å². The first-order valence-corrected chi connectivity index (χ1v) is 10.7. The quantitative estimate of drug-likeness (QED) is 0.196. The van der Waals surface area contributed by atoms with Gasteiger partial charge in [-0.2, -0.15) is 0 Å². The number of fused-ring (bicyclic) bond motifs is 1. The van der Waals surface area contributed by atoms with Crippen LogP contribution in [0, 0.1) is 10.8 Å². The highest BCUT2D eigenvalue weighted by Gasteiger charge is 2.18. The summed E-state index contributed by atoms with van der Waals surface area (Å²) in [7, 11) is 3.75. The smallest absolute Gasteiger partial charge is 0.274 e. The second-order valence-electron chi connectivity index (χ2n) is 7.83. The van der Waals surface area contributed by atoms with E-state index in [1.165, 1.54) is 0 Å². The molecule has 0 radical (unpaired) electrons. The summed E-state index contributed by atoms with van der Waals surface area (Å²) in [6.45, 7) is 10.6. The number of carbonyl (C=O) groups excluding carboxylic acids is 2. The zero-order chi connectivity index (χ0) is 25.0. The molecule has 10 heteroatoms. The summed E-state index contributed by atoms with van der Waals surface area (Å²) < 4.78 is 0. The Kier molecular flexibility index (Phi) is 13.6. The maximum absolute atomic E-state index is 12.5. The standard InChI is InChI=1S/C22H28N6O2.C2H7N.H2O.H2/c1-15(2)28(13-23)21(24)16(3)6-5-7-17(4)26-22(30)20-10-19-12-27(14-29)9-8-18(19)11-25-20;1-3-2;;/h5-7,10-11,13-15,23-24H,4,8-9,12H2,1-3H3,(H,26,30);3H,1-2H3;1H2;1H/b7-5-,16-6+,23-13?,24-21?;;;.